The maximum Gasteiger partial charge on any atom is 0.490 e. The van der Waals surface area contributed by atoms with E-state index in [1.54, 1.807) is 21.9 Å². The van der Waals surface area contributed by atoms with Crippen LogP contribution in [0.2, 0.25) is 0 Å². The molecule has 0 aromatic carbocycles. The van der Waals surface area contributed by atoms with Gasteiger partial charge in [-0.15, -0.1) is 0 Å². The molecule has 2 N–H and O–H groups in total. The Morgan fingerprint density at radius 2 is 1.80 bits per heavy atom. The van der Waals surface area contributed by atoms with Crippen molar-refractivity contribution < 1.29 is 42.2 Å². The Labute approximate surface area is 170 Å². The van der Waals surface area contributed by atoms with Crippen LogP contribution in [0.4, 0.5) is 13.2 Å². The Balaban J connectivity index is 0.000000396. The monoisotopic (exact) mass is 435 g/mol. The fraction of sp³-hybridized carbons (Fsp3) is 0.611. The van der Waals surface area contributed by atoms with Gasteiger partial charge in [-0.25, -0.2) is 4.79 Å². The summed E-state index contributed by atoms with van der Waals surface area (Å²) in [5.74, 6) is -2.47. The lowest BCUT2D eigenvalue weighted by molar-refractivity contribution is -0.192. The molecule has 0 radical (unpaired) electrons. The summed E-state index contributed by atoms with van der Waals surface area (Å²) < 4.78 is 36.9. The standard InChI is InChI=1S/C16H23N3O4.C2HF3O2/c1-17-8-9-19(10-11-20)15(22)16(17)4-6-18(7-5-16)14(21)13-3-2-12-23-13;3-2(4,5)1(6)7/h2-3,12,20H,4-11H2,1H3;(H,6,7). The summed E-state index contributed by atoms with van der Waals surface area (Å²) in [6.07, 6.45) is -2.38. The number of hydrogen-bond acceptors (Lipinski definition) is 6. The number of carbonyl (C=O) groups excluding carboxylic acids is 2. The predicted octanol–water partition coefficient (Wildman–Crippen LogP) is 0.654. The fourth-order valence-corrected chi connectivity index (χ4v) is 3.61. The molecule has 1 aromatic heterocycles. The van der Waals surface area contributed by atoms with Crippen molar-refractivity contribution >= 4 is 17.8 Å². The first-order chi connectivity index (χ1) is 14.0. The molecule has 2 amide bonds. The van der Waals surface area contributed by atoms with Crippen LogP contribution in [0, 0.1) is 0 Å². The second-order valence-corrected chi connectivity index (χ2v) is 7.04. The zero-order valence-electron chi connectivity index (χ0n) is 16.4. The molecule has 168 valence electrons. The number of furan rings is 1. The molecule has 12 heteroatoms. The highest BCUT2D eigenvalue weighted by Gasteiger charge is 2.49. The maximum atomic E-state index is 12.9. The number of aliphatic carboxylic acids is 1. The van der Waals surface area contributed by atoms with E-state index in [2.05, 4.69) is 4.90 Å². The summed E-state index contributed by atoms with van der Waals surface area (Å²) in [6.45, 7) is 2.85. The number of likely N-dealkylation sites (N-methyl/N-ethyl adjacent to an activating group) is 1. The number of likely N-dealkylation sites (tertiary alicyclic amines) is 1. The smallest absolute Gasteiger partial charge is 0.475 e. The Hall–Kier alpha value is -2.60. The van der Waals surface area contributed by atoms with E-state index < -0.39 is 17.7 Å². The lowest BCUT2D eigenvalue weighted by Crippen LogP contribution is -2.68. The zero-order valence-corrected chi connectivity index (χ0v) is 16.4. The third kappa shape index (κ3) is 5.11. The number of piperazine rings is 1. The molecule has 9 nitrogen and oxygen atoms in total. The van der Waals surface area contributed by atoms with Gasteiger partial charge in [0.1, 0.15) is 5.54 Å². The van der Waals surface area contributed by atoms with Crippen LogP contribution in [0.3, 0.4) is 0 Å². The molecule has 0 saturated carbocycles. The predicted molar refractivity (Wildman–Crippen MR) is 96.6 cm³/mol. The van der Waals surface area contributed by atoms with Crippen molar-refractivity contribution in [1.29, 1.82) is 0 Å². The highest BCUT2D eigenvalue weighted by molar-refractivity contribution is 5.92. The van der Waals surface area contributed by atoms with Crippen molar-refractivity contribution in [3.63, 3.8) is 0 Å². The van der Waals surface area contributed by atoms with Crippen LogP contribution in [0.25, 0.3) is 0 Å². The Morgan fingerprint density at radius 1 is 1.20 bits per heavy atom. The summed E-state index contributed by atoms with van der Waals surface area (Å²) in [5.41, 5.74) is -0.548. The third-order valence-corrected chi connectivity index (χ3v) is 5.34. The summed E-state index contributed by atoms with van der Waals surface area (Å²) in [7, 11) is 1.97. The minimum atomic E-state index is -5.08. The van der Waals surface area contributed by atoms with Gasteiger partial charge in [-0.1, -0.05) is 0 Å². The first-order valence-electron chi connectivity index (χ1n) is 9.27. The maximum absolute atomic E-state index is 12.9. The molecular weight excluding hydrogens is 411 g/mol. The van der Waals surface area contributed by atoms with Gasteiger partial charge in [-0.2, -0.15) is 13.2 Å². The van der Waals surface area contributed by atoms with Gasteiger partial charge in [0.05, 0.1) is 12.9 Å². The molecule has 30 heavy (non-hydrogen) atoms. The van der Waals surface area contributed by atoms with Crippen LogP contribution in [0.15, 0.2) is 22.8 Å². The van der Waals surface area contributed by atoms with E-state index in [1.165, 1.54) is 6.26 Å². The second-order valence-electron chi connectivity index (χ2n) is 7.04. The molecule has 1 aromatic rings. The third-order valence-electron chi connectivity index (χ3n) is 5.34. The topological polar surface area (TPSA) is 115 Å². The number of hydrogen-bond donors (Lipinski definition) is 2. The minimum absolute atomic E-state index is 0.0192. The average Bonchev–Trinajstić information content (AvgIpc) is 3.23. The van der Waals surface area contributed by atoms with Crippen molar-refractivity contribution in [2.75, 3.05) is 46.4 Å². The van der Waals surface area contributed by atoms with Crippen LogP contribution < -0.4 is 0 Å². The van der Waals surface area contributed by atoms with Gasteiger partial charge in [0.15, 0.2) is 5.76 Å². The van der Waals surface area contributed by atoms with Gasteiger partial charge in [-0.3, -0.25) is 14.5 Å². The van der Waals surface area contributed by atoms with E-state index in [1.807, 2.05) is 7.05 Å². The van der Waals surface area contributed by atoms with E-state index in [0.717, 1.165) is 6.54 Å². The number of aliphatic hydroxyl groups excluding tert-OH is 1. The lowest BCUT2D eigenvalue weighted by atomic mass is 9.82. The zero-order chi connectivity index (χ0) is 22.5. The van der Waals surface area contributed by atoms with Gasteiger partial charge in [0, 0.05) is 32.7 Å². The molecule has 3 rings (SSSR count). The summed E-state index contributed by atoms with van der Waals surface area (Å²) >= 11 is 0. The van der Waals surface area contributed by atoms with Gasteiger partial charge >= 0.3 is 12.1 Å². The number of rotatable bonds is 3. The van der Waals surface area contributed by atoms with Gasteiger partial charge in [0.2, 0.25) is 5.91 Å². The molecule has 0 atom stereocenters. The van der Waals surface area contributed by atoms with Crippen molar-refractivity contribution in [1.82, 2.24) is 14.7 Å². The summed E-state index contributed by atoms with van der Waals surface area (Å²) in [4.78, 5) is 39.7. The number of carbonyl (C=O) groups is 3. The summed E-state index contributed by atoms with van der Waals surface area (Å²) in [6, 6.07) is 3.36. The fourth-order valence-electron chi connectivity index (χ4n) is 3.61. The number of nitrogens with zero attached hydrogens (tertiary/aromatic N) is 3. The lowest BCUT2D eigenvalue weighted by Gasteiger charge is -2.51. The molecule has 0 unspecified atom stereocenters. The van der Waals surface area contributed by atoms with E-state index in [0.29, 0.717) is 44.8 Å². The SMILES string of the molecule is CN1CCN(CCO)C(=O)C12CCN(C(=O)c1ccco1)CC2.O=C(O)C(F)(F)F. The van der Waals surface area contributed by atoms with Crippen molar-refractivity contribution in [3.8, 4) is 0 Å². The molecular formula is C18H24F3N3O6. The quantitative estimate of drug-likeness (QED) is 0.717. The van der Waals surface area contributed by atoms with E-state index in [9.17, 15) is 22.8 Å². The number of amides is 2. The average molecular weight is 435 g/mol. The van der Waals surface area contributed by atoms with Crippen molar-refractivity contribution in [2.45, 2.75) is 24.6 Å². The van der Waals surface area contributed by atoms with Crippen LogP contribution in [-0.4, -0.2) is 101 Å². The first-order valence-corrected chi connectivity index (χ1v) is 9.27. The number of piperidine rings is 1. The molecule has 2 aliphatic rings. The number of β-amino-alcohol motifs (C(OH)–C–C–N with tert-alkyl or cyclic N) is 1. The second kappa shape index (κ2) is 9.47. The Kier molecular flexibility index (Phi) is 7.48. The number of alkyl halides is 3. The molecule has 2 fully saturated rings. The van der Waals surface area contributed by atoms with Gasteiger partial charge in [0.25, 0.3) is 5.91 Å². The highest BCUT2D eigenvalue weighted by Crippen LogP contribution is 2.33. The Bertz CT molecular complexity index is 745. The van der Waals surface area contributed by atoms with Gasteiger partial charge in [-0.05, 0) is 32.0 Å². The van der Waals surface area contributed by atoms with Crippen LogP contribution >= 0.6 is 0 Å². The van der Waals surface area contributed by atoms with Crippen LogP contribution in [0.1, 0.15) is 23.4 Å². The molecule has 1 spiro atoms. The molecule has 3 heterocycles. The number of aliphatic hydroxyl groups is 1. The largest absolute Gasteiger partial charge is 0.490 e. The van der Waals surface area contributed by atoms with Gasteiger partial charge < -0.3 is 24.4 Å². The number of carboxylic acid groups (broad SMARTS) is 1. The number of halogens is 3. The van der Waals surface area contributed by atoms with Crippen LogP contribution in [-0.2, 0) is 9.59 Å². The van der Waals surface area contributed by atoms with E-state index >= 15 is 0 Å². The highest BCUT2D eigenvalue weighted by atomic mass is 19.4. The molecule has 2 saturated heterocycles. The molecule has 2 aliphatic heterocycles. The minimum Gasteiger partial charge on any atom is -0.475 e. The number of carboxylic acids is 1. The van der Waals surface area contributed by atoms with Crippen molar-refractivity contribution in [2.24, 2.45) is 0 Å². The summed E-state index contributed by atoms with van der Waals surface area (Å²) in [5, 5.41) is 16.3. The van der Waals surface area contributed by atoms with E-state index in [4.69, 9.17) is 19.4 Å². The first kappa shape index (κ1) is 23.7. The van der Waals surface area contributed by atoms with Crippen LogP contribution in [0.5, 0.6) is 0 Å². The normalized spacial score (nSPS) is 19.4. The van der Waals surface area contributed by atoms with E-state index in [-0.39, 0.29) is 18.4 Å². The molecule has 0 aliphatic carbocycles. The molecule has 0 bridgehead atoms. The van der Waals surface area contributed by atoms with Crippen molar-refractivity contribution in [3.05, 3.63) is 24.2 Å². The Morgan fingerprint density at radius 3 is 2.27 bits per heavy atom.